The highest BCUT2D eigenvalue weighted by Crippen LogP contribution is 2.44. The standard InChI is InChI=1S/C22H18N3O4/c1-24-10-19(26)25-16(22(24)27)9-14-13-4-2-3-5-15(13)23-20(14)21(25)12-6-7-17-18(8-12)29-11-28-17/h2-8,16,21H,9-11H2,1H3/q-1/t16-,21-/m1/s1. The van der Waals surface area contributed by atoms with E-state index in [1.165, 1.54) is 4.90 Å². The highest BCUT2D eigenvalue weighted by atomic mass is 16.7. The monoisotopic (exact) mass is 388 g/mol. The van der Waals surface area contributed by atoms with E-state index in [1.807, 2.05) is 42.5 Å². The third-order valence-corrected chi connectivity index (χ3v) is 6.08. The first-order chi connectivity index (χ1) is 14.1. The van der Waals surface area contributed by atoms with Gasteiger partial charge >= 0.3 is 0 Å². The molecule has 0 unspecified atom stereocenters. The third kappa shape index (κ3) is 2.24. The second-order valence-electron chi connectivity index (χ2n) is 7.72. The van der Waals surface area contributed by atoms with Gasteiger partial charge in [-0.2, -0.15) is 0 Å². The molecule has 4 heterocycles. The molecule has 2 amide bonds. The number of carbonyl (C=O) groups is 2. The summed E-state index contributed by atoms with van der Waals surface area (Å²) in [6.45, 7) is 0.258. The molecule has 0 saturated carbocycles. The Morgan fingerprint density at radius 2 is 1.90 bits per heavy atom. The molecule has 1 saturated heterocycles. The van der Waals surface area contributed by atoms with Gasteiger partial charge in [-0.15, -0.1) is 11.2 Å². The predicted molar refractivity (Wildman–Crippen MR) is 104 cm³/mol. The fraction of sp³-hybridized carbons (Fsp3) is 0.273. The molecule has 0 radical (unpaired) electrons. The first kappa shape index (κ1) is 16.5. The molecule has 7 nitrogen and oxygen atoms in total. The van der Waals surface area contributed by atoms with Crippen LogP contribution >= 0.6 is 0 Å². The van der Waals surface area contributed by atoms with Crippen LogP contribution in [0.4, 0.5) is 0 Å². The van der Waals surface area contributed by atoms with E-state index in [0.717, 1.165) is 27.7 Å². The van der Waals surface area contributed by atoms with Crippen molar-refractivity contribution < 1.29 is 19.1 Å². The molecule has 3 aromatic rings. The van der Waals surface area contributed by atoms with Gasteiger partial charge in [-0.25, -0.2) is 0 Å². The lowest BCUT2D eigenvalue weighted by Gasteiger charge is -2.48. The summed E-state index contributed by atoms with van der Waals surface area (Å²) < 4.78 is 11.0. The van der Waals surface area contributed by atoms with E-state index in [2.05, 4.69) is 0 Å². The Kier molecular flexibility index (Phi) is 3.27. The van der Waals surface area contributed by atoms with Gasteiger partial charge in [0.15, 0.2) is 11.5 Å². The highest BCUT2D eigenvalue weighted by Gasteiger charge is 2.45. The van der Waals surface area contributed by atoms with Crippen LogP contribution in [0.15, 0.2) is 42.5 Å². The number of benzene rings is 2. The number of ether oxygens (including phenoxy) is 2. The molecule has 7 heteroatoms. The van der Waals surface area contributed by atoms with Crippen molar-refractivity contribution in [1.82, 2.24) is 14.8 Å². The molecule has 1 fully saturated rings. The van der Waals surface area contributed by atoms with E-state index >= 15 is 0 Å². The summed E-state index contributed by atoms with van der Waals surface area (Å²) in [5.41, 5.74) is 3.64. The van der Waals surface area contributed by atoms with Gasteiger partial charge in [0.05, 0.1) is 12.6 Å². The number of hydrogen-bond acceptors (Lipinski definition) is 4. The quantitative estimate of drug-likeness (QED) is 0.636. The average molecular weight is 388 g/mol. The van der Waals surface area contributed by atoms with Crippen LogP contribution in [0.5, 0.6) is 11.5 Å². The number of hydrogen-bond donors (Lipinski definition) is 0. The van der Waals surface area contributed by atoms with Gasteiger partial charge in [0.2, 0.25) is 18.6 Å². The summed E-state index contributed by atoms with van der Waals surface area (Å²) in [6, 6.07) is 12.7. The third-order valence-electron chi connectivity index (χ3n) is 6.08. The maximum Gasteiger partial charge on any atom is 0.245 e. The first-order valence-corrected chi connectivity index (χ1v) is 9.61. The summed E-state index contributed by atoms with van der Waals surface area (Å²) in [5.74, 6) is 1.22. The number of likely N-dealkylation sites (N-methyl/N-ethyl adjacent to an activating group) is 1. The minimum absolute atomic E-state index is 0.0359. The largest absolute Gasteiger partial charge is 0.659 e. The van der Waals surface area contributed by atoms with Crippen LogP contribution in [0.3, 0.4) is 0 Å². The SMILES string of the molecule is CN1CC(=O)N2[C@H](c3ccc4c(c3)OCO4)c3[n-]c4ccccc4c3C[C@@H]2C1=O. The summed E-state index contributed by atoms with van der Waals surface area (Å²) in [6.07, 6.45) is 0.478. The Bertz CT molecular complexity index is 1180. The minimum Gasteiger partial charge on any atom is -0.659 e. The smallest absolute Gasteiger partial charge is 0.245 e. The van der Waals surface area contributed by atoms with Crippen LogP contribution in [0.1, 0.15) is 22.9 Å². The molecular weight excluding hydrogens is 370 g/mol. The van der Waals surface area contributed by atoms with Gasteiger partial charge in [0.25, 0.3) is 0 Å². The fourth-order valence-corrected chi connectivity index (χ4v) is 4.75. The lowest BCUT2D eigenvalue weighted by atomic mass is 9.86. The number of piperazine rings is 1. The Morgan fingerprint density at radius 3 is 2.79 bits per heavy atom. The summed E-state index contributed by atoms with van der Waals surface area (Å²) >= 11 is 0. The molecule has 0 aliphatic carbocycles. The van der Waals surface area contributed by atoms with Gasteiger partial charge in [0, 0.05) is 13.5 Å². The molecular formula is C22H18N3O4-. The Balaban J connectivity index is 1.59. The minimum atomic E-state index is -0.531. The van der Waals surface area contributed by atoms with Crippen molar-refractivity contribution in [2.24, 2.45) is 0 Å². The zero-order valence-corrected chi connectivity index (χ0v) is 15.8. The first-order valence-electron chi connectivity index (χ1n) is 9.61. The molecule has 146 valence electrons. The lowest BCUT2D eigenvalue weighted by Crippen LogP contribution is -2.62. The van der Waals surface area contributed by atoms with Crippen molar-refractivity contribution in [2.45, 2.75) is 18.5 Å². The molecule has 0 spiro atoms. The van der Waals surface area contributed by atoms with Crippen molar-refractivity contribution in [3.05, 3.63) is 59.3 Å². The fourth-order valence-electron chi connectivity index (χ4n) is 4.75. The number of carbonyl (C=O) groups excluding carboxylic acids is 2. The normalized spacial score (nSPS) is 22.8. The van der Waals surface area contributed by atoms with E-state index in [1.54, 1.807) is 11.9 Å². The zero-order valence-electron chi connectivity index (χ0n) is 15.8. The van der Waals surface area contributed by atoms with Crippen molar-refractivity contribution in [3.63, 3.8) is 0 Å². The Labute approximate surface area is 166 Å². The number of aromatic nitrogens is 1. The van der Waals surface area contributed by atoms with Gasteiger partial charge < -0.3 is 24.3 Å². The number of nitrogens with zero attached hydrogens (tertiary/aromatic N) is 3. The molecule has 6 rings (SSSR count). The molecule has 0 bridgehead atoms. The van der Waals surface area contributed by atoms with E-state index in [9.17, 15) is 9.59 Å². The second kappa shape index (κ2) is 5.76. The van der Waals surface area contributed by atoms with Crippen LogP contribution in [0.2, 0.25) is 0 Å². The summed E-state index contributed by atoms with van der Waals surface area (Å²) in [5, 5.41) is 1.04. The predicted octanol–water partition coefficient (Wildman–Crippen LogP) is 1.84. The number of amides is 2. The van der Waals surface area contributed by atoms with Crippen molar-refractivity contribution in [1.29, 1.82) is 0 Å². The number of para-hydroxylation sites is 1. The summed E-state index contributed by atoms with van der Waals surface area (Å²) in [7, 11) is 1.68. The lowest BCUT2D eigenvalue weighted by molar-refractivity contribution is -0.157. The molecule has 2 aromatic carbocycles. The highest BCUT2D eigenvalue weighted by molar-refractivity contribution is 5.97. The van der Waals surface area contributed by atoms with E-state index in [4.69, 9.17) is 14.5 Å². The average Bonchev–Trinajstić information content (AvgIpc) is 3.34. The van der Waals surface area contributed by atoms with Crippen molar-refractivity contribution in [3.8, 4) is 11.5 Å². The molecule has 29 heavy (non-hydrogen) atoms. The second-order valence-corrected chi connectivity index (χ2v) is 7.72. The molecule has 2 atom stereocenters. The Hall–Kier alpha value is -3.48. The van der Waals surface area contributed by atoms with Crippen LogP contribution < -0.4 is 14.5 Å². The summed E-state index contributed by atoms with van der Waals surface area (Å²) in [4.78, 5) is 34.2. The van der Waals surface area contributed by atoms with Crippen molar-refractivity contribution in [2.75, 3.05) is 20.4 Å². The molecule has 3 aliphatic rings. The van der Waals surface area contributed by atoms with E-state index in [-0.39, 0.29) is 25.2 Å². The van der Waals surface area contributed by atoms with E-state index < -0.39 is 12.1 Å². The maximum atomic E-state index is 13.1. The van der Waals surface area contributed by atoms with Crippen LogP contribution in [-0.4, -0.2) is 48.0 Å². The molecule has 3 aliphatic heterocycles. The number of rotatable bonds is 1. The topological polar surface area (TPSA) is 73.2 Å². The molecule has 1 aromatic heterocycles. The van der Waals surface area contributed by atoms with Crippen LogP contribution in [-0.2, 0) is 16.0 Å². The molecule has 0 N–H and O–H groups in total. The van der Waals surface area contributed by atoms with E-state index in [0.29, 0.717) is 17.9 Å². The zero-order chi connectivity index (χ0) is 19.7. The van der Waals surface area contributed by atoms with Crippen LogP contribution in [0.25, 0.3) is 10.9 Å². The van der Waals surface area contributed by atoms with Crippen molar-refractivity contribution >= 4 is 22.7 Å². The Morgan fingerprint density at radius 1 is 1.07 bits per heavy atom. The van der Waals surface area contributed by atoms with Gasteiger partial charge in [-0.3, -0.25) is 9.59 Å². The van der Waals surface area contributed by atoms with Gasteiger partial charge in [-0.1, -0.05) is 35.9 Å². The maximum absolute atomic E-state index is 13.1. The van der Waals surface area contributed by atoms with Gasteiger partial charge in [0.1, 0.15) is 6.04 Å². The van der Waals surface area contributed by atoms with Gasteiger partial charge in [-0.05, 0) is 23.1 Å². The van der Waals surface area contributed by atoms with Crippen LogP contribution in [0, 0.1) is 0 Å². The number of fused-ring (bicyclic) bond motifs is 5.